The monoisotopic (exact) mass is 214 g/mol. The number of furan rings is 1. The standard InChI is InChI=1S/C13H12NO2/c1-9-8-12(10(2)16-9)13(15)14-11-6-4-3-5-7-11/h3-4,6-8H,1-2H3,(H,14,15). The number of aryl methyl sites for hydroxylation is 2. The first kappa shape index (κ1) is 10.5. The van der Waals surface area contributed by atoms with Crippen LogP contribution in [0.5, 0.6) is 0 Å². The van der Waals surface area contributed by atoms with Crippen molar-refractivity contribution in [1.29, 1.82) is 0 Å². The first-order valence-electron chi connectivity index (χ1n) is 5.01. The molecule has 2 rings (SSSR count). The summed E-state index contributed by atoms with van der Waals surface area (Å²) < 4.78 is 5.30. The summed E-state index contributed by atoms with van der Waals surface area (Å²) >= 11 is 0. The summed E-state index contributed by atoms with van der Waals surface area (Å²) in [6.07, 6.45) is 0. The second kappa shape index (κ2) is 4.23. The summed E-state index contributed by atoms with van der Waals surface area (Å²) in [4.78, 5) is 11.9. The Bertz CT molecular complexity index is 500. The second-order valence-corrected chi connectivity index (χ2v) is 3.57. The minimum atomic E-state index is -0.158. The van der Waals surface area contributed by atoms with Gasteiger partial charge in [0.1, 0.15) is 11.5 Å². The lowest BCUT2D eigenvalue weighted by atomic mass is 10.2. The molecule has 1 radical (unpaired) electrons. The van der Waals surface area contributed by atoms with E-state index in [0.29, 0.717) is 11.3 Å². The Kier molecular flexibility index (Phi) is 2.77. The zero-order valence-corrected chi connectivity index (χ0v) is 9.20. The molecule has 0 spiro atoms. The van der Waals surface area contributed by atoms with Crippen molar-refractivity contribution in [2.45, 2.75) is 13.8 Å². The molecule has 1 aromatic heterocycles. The first-order valence-corrected chi connectivity index (χ1v) is 5.01. The van der Waals surface area contributed by atoms with Crippen molar-refractivity contribution in [3.05, 3.63) is 53.5 Å². The molecule has 0 fully saturated rings. The average molecular weight is 214 g/mol. The summed E-state index contributed by atoms with van der Waals surface area (Å²) in [5.74, 6) is 1.21. The van der Waals surface area contributed by atoms with Crippen LogP contribution in [-0.4, -0.2) is 5.91 Å². The minimum absolute atomic E-state index is 0.158. The van der Waals surface area contributed by atoms with E-state index < -0.39 is 0 Å². The highest BCUT2D eigenvalue weighted by molar-refractivity contribution is 6.05. The number of benzene rings is 1. The van der Waals surface area contributed by atoms with Crippen LogP contribution in [0.1, 0.15) is 21.9 Å². The lowest BCUT2D eigenvalue weighted by Gasteiger charge is -2.02. The summed E-state index contributed by atoms with van der Waals surface area (Å²) in [6.45, 7) is 3.60. The number of hydrogen-bond donors (Lipinski definition) is 1. The number of hydrogen-bond acceptors (Lipinski definition) is 2. The first-order chi connectivity index (χ1) is 7.66. The van der Waals surface area contributed by atoms with Crippen molar-refractivity contribution in [1.82, 2.24) is 0 Å². The molecule has 0 bridgehead atoms. The maximum absolute atomic E-state index is 11.9. The fourth-order valence-electron chi connectivity index (χ4n) is 1.53. The van der Waals surface area contributed by atoms with Gasteiger partial charge in [-0.3, -0.25) is 4.79 Å². The van der Waals surface area contributed by atoms with Gasteiger partial charge in [0.25, 0.3) is 5.91 Å². The van der Waals surface area contributed by atoms with Crippen LogP contribution in [0.2, 0.25) is 0 Å². The van der Waals surface area contributed by atoms with Crippen molar-refractivity contribution in [3.63, 3.8) is 0 Å². The molecule has 0 aliphatic heterocycles. The predicted octanol–water partition coefficient (Wildman–Crippen LogP) is 2.95. The molecule has 0 atom stereocenters. The summed E-state index contributed by atoms with van der Waals surface area (Å²) in [6, 6.07) is 11.8. The third-order valence-corrected chi connectivity index (χ3v) is 2.25. The molecule has 0 saturated carbocycles. The fraction of sp³-hybridized carbons (Fsp3) is 0.154. The molecule has 3 heteroatoms. The second-order valence-electron chi connectivity index (χ2n) is 3.57. The van der Waals surface area contributed by atoms with Crippen molar-refractivity contribution in [2.24, 2.45) is 0 Å². The van der Waals surface area contributed by atoms with Gasteiger partial charge in [-0.2, -0.15) is 0 Å². The van der Waals surface area contributed by atoms with E-state index >= 15 is 0 Å². The van der Waals surface area contributed by atoms with E-state index in [1.54, 1.807) is 25.1 Å². The molecule has 3 nitrogen and oxygen atoms in total. The van der Waals surface area contributed by atoms with Crippen LogP contribution in [0.3, 0.4) is 0 Å². The molecule has 1 N–H and O–H groups in total. The van der Waals surface area contributed by atoms with Crippen LogP contribution >= 0.6 is 0 Å². The molecule has 81 valence electrons. The van der Waals surface area contributed by atoms with E-state index in [0.717, 1.165) is 11.4 Å². The number of nitrogens with one attached hydrogen (secondary N) is 1. The third kappa shape index (κ3) is 2.14. The summed E-state index contributed by atoms with van der Waals surface area (Å²) in [5.41, 5.74) is 1.30. The highest BCUT2D eigenvalue weighted by Gasteiger charge is 2.13. The average Bonchev–Trinajstić information content (AvgIpc) is 2.59. The van der Waals surface area contributed by atoms with E-state index in [1.807, 2.05) is 19.1 Å². The lowest BCUT2D eigenvalue weighted by Crippen LogP contribution is -2.11. The quantitative estimate of drug-likeness (QED) is 0.835. The van der Waals surface area contributed by atoms with Crippen molar-refractivity contribution in [3.8, 4) is 0 Å². The maximum Gasteiger partial charge on any atom is 0.259 e. The Morgan fingerprint density at radius 2 is 2.25 bits per heavy atom. The predicted molar refractivity (Wildman–Crippen MR) is 61.4 cm³/mol. The van der Waals surface area contributed by atoms with Gasteiger partial charge in [0.15, 0.2) is 0 Å². The molecule has 0 saturated heterocycles. The van der Waals surface area contributed by atoms with Crippen molar-refractivity contribution >= 4 is 11.6 Å². The summed E-state index contributed by atoms with van der Waals surface area (Å²) in [7, 11) is 0. The van der Waals surface area contributed by atoms with E-state index in [9.17, 15) is 4.79 Å². The van der Waals surface area contributed by atoms with Gasteiger partial charge in [-0.05, 0) is 38.1 Å². The molecule has 1 amide bonds. The Morgan fingerprint density at radius 1 is 1.44 bits per heavy atom. The fourth-order valence-corrected chi connectivity index (χ4v) is 1.53. The Morgan fingerprint density at radius 3 is 2.81 bits per heavy atom. The van der Waals surface area contributed by atoms with Crippen LogP contribution < -0.4 is 5.32 Å². The van der Waals surface area contributed by atoms with Gasteiger partial charge in [-0.1, -0.05) is 12.1 Å². The largest absolute Gasteiger partial charge is 0.466 e. The van der Waals surface area contributed by atoms with Crippen LogP contribution in [0.15, 0.2) is 34.7 Å². The molecular formula is C13H12NO2. The number of amides is 1. The molecular weight excluding hydrogens is 202 g/mol. The SMILES string of the molecule is Cc1cc(C(=O)Nc2c[c]ccc2)c(C)o1. The molecule has 1 heterocycles. The van der Waals surface area contributed by atoms with E-state index in [4.69, 9.17) is 4.42 Å². The zero-order chi connectivity index (χ0) is 11.5. The Balaban J connectivity index is 2.18. The number of anilines is 1. The highest BCUT2D eigenvalue weighted by atomic mass is 16.3. The minimum Gasteiger partial charge on any atom is -0.466 e. The normalized spacial score (nSPS) is 10.1. The zero-order valence-electron chi connectivity index (χ0n) is 9.20. The molecule has 2 aromatic rings. The topological polar surface area (TPSA) is 42.2 Å². The van der Waals surface area contributed by atoms with E-state index in [2.05, 4.69) is 11.4 Å². The van der Waals surface area contributed by atoms with E-state index in [1.165, 1.54) is 0 Å². The molecule has 0 aliphatic carbocycles. The lowest BCUT2D eigenvalue weighted by molar-refractivity contribution is 0.102. The van der Waals surface area contributed by atoms with Gasteiger partial charge in [0.05, 0.1) is 5.56 Å². The van der Waals surface area contributed by atoms with Gasteiger partial charge in [0.2, 0.25) is 0 Å². The van der Waals surface area contributed by atoms with Crippen LogP contribution in [0.4, 0.5) is 5.69 Å². The highest BCUT2D eigenvalue weighted by Crippen LogP contribution is 2.15. The van der Waals surface area contributed by atoms with Gasteiger partial charge in [0, 0.05) is 5.69 Å². The van der Waals surface area contributed by atoms with Crippen molar-refractivity contribution < 1.29 is 9.21 Å². The third-order valence-electron chi connectivity index (χ3n) is 2.25. The number of carbonyl (C=O) groups is 1. The molecule has 1 aromatic carbocycles. The number of rotatable bonds is 2. The van der Waals surface area contributed by atoms with Gasteiger partial charge < -0.3 is 9.73 Å². The maximum atomic E-state index is 11.9. The van der Waals surface area contributed by atoms with Gasteiger partial charge in [-0.15, -0.1) is 0 Å². The Labute approximate surface area is 94.1 Å². The van der Waals surface area contributed by atoms with Crippen LogP contribution in [0.25, 0.3) is 0 Å². The van der Waals surface area contributed by atoms with Gasteiger partial charge in [-0.25, -0.2) is 0 Å². The number of carbonyl (C=O) groups excluding carboxylic acids is 1. The van der Waals surface area contributed by atoms with Crippen molar-refractivity contribution in [2.75, 3.05) is 5.32 Å². The van der Waals surface area contributed by atoms with Crippen LogP contribution in [0, 0.1) is 19.9 Å². The van der Waals surface area contributed by atoms with E-state index in [-0.39, 0.29) is 5.91 Å². The van der Waals surface area contributed by atoms with Gasteiger partial charge >= 0.3 is 0 Å². The summed E-state index contributed by atoms with van der Waals surface area (Å²) in [5, 5.41) is 2.78. The molecule has 16 heavy (non-hydrogen) atoms. The molecule has 0 aliphatic rings. The van der Waals surface area contributed by atoms with Crippen LogP contribution in [-0.2, 0) is 0 Å². The smallest absolute Gasteiger partial charge is 0.259 e. The Hall–Kier alpha value is -2.03. The molecule has 0 unspecified atom stereocenters.